The monoisotopic (exact) mass is 298 g/mol. The van der Waals surface area contributed by atoms with Crippen molar-refractivity contribution in [3.05, 3.63) is 0 Å². The number of aliphatic hydroxyl groups is 3. The van der Waals surface area contributed by atoms with Gasteiger partial charge in [-0.15, -0.1) is 0 Å². The Morgan fingerprint density at radius 2 is 0.923 bits per heavy atom. The molecule has 80 valence electrons. The Morgan fingerprint density at radius 3 is 1.15 bits per heavy atom. The zero-order chi connectivity index (χ0) is 9.94. The van der Waals surface area contributed by atoms with E-state index in [-0.39, 0.29) is 0 Å². The van der Waals surface area contributed by atoms with Crippen LogP contribution in [-0.4, -0.2) is 55.4 Å². The van der Waals surface area contributed by atoms with Gasteiger partial charge in [0, 0.05) is 0 Å². The first-order valence-electron chi connectivity index (χ1n) is 4.90. The molecule has 0 rings (SSSR count). The van der Waals surface area contributed by atoms with Crippen molar-refractivity contribution in [1.29, 1.82) is 0 Å². The zero-order valence-electron chi connectivity index (χ0n) is 8.15. The number of aliphatic hydroxyl groups excluding tert-OH is 3. The molecule has 0 radical (unpaired) electrons. The molecule has 0 aliphatic carbocycles. The second kappa shape index (κ2) is 10.8. The van der Waals surface area contributed by atoms with Gasteiger partial charge >= 0.3 is 87.7 Å². The Balaban J connectivity index is 3.47. The van der Waals surface area contributed by atoms with Crippen LogP contribution in [0.15, 0.2) is 0 Å². The first kappa shape index (κ1) is 13.7. The van der Waals surface area contributed by atoms with E-state index in [9.17, 15) is 0 Å². The van der Waals surface area contributed by atoms with Gasteiger partial charge in [-0.1, -0.05) is 0 Å². The quantitative estimate of drug-likeness (QED) is 0.547. The van der Waals surface area contributed by atoms with Crippen LogP contribution in [0.25, 0.3) is 0 Å². The van der Waals surface area contributed by atoms with Crippen LogP contribution in [0.2, 0.25) is 13.1 Å². The molecule has 0 spiro atoms. The Morgan fingerprint density at radius 1 is 0.615 bits per heavy atom. The molecule has 0 saturated heterocycles. The van der Waals surface area contributed by atoms with Gasteiger partial charge in [-0.05, 0) is 0 Å². The van der Waals surface area contributed by atoms with Crippen molar-refractivity contribution in [3.8, 4) is 0 Å². The third-order valence-corrected chi connectivity index (χ3v) is 10.0. The summed E-state index contributed by atoms with van der Waals surface area (Å²) in [5.41, 5.74) is 0. The maximum atomic E-state index is 8.70. The molecule has 3 N–H and O–H groups in total. The van der Waals surface area contributed by atoms with E-state index in [1.54, 1.807) is 0 Å². The van der Waals surface area contributed by atoms with Crippen LogP contribution < -0.4 is 0 Å². The molecule has 0 aromatic rings. The van der Waals surface area contributed by atoms with Crippen molar-refractivity contribution in [3.63, 3.8) is 0 Å². The Labute approximate surface area is 87.7 Å². The maximum absolute atomic E-state index is 8.70. The van der Waals surface area contributed by atoms with Crippen molar-refractivity contribution >= 4 is 20.2 Å². The third kappa shape index (κ3) is 9.01. The van der Waals surface area contributed by atoms with E-state index in [0.29, 0.717) is 19.8 Å². The van der Waals surface area contributed by atoms with E-state index in [1.165, 1.54) is 13.1 Å². The van der Waals surface area contributed by atoms with Gasteiger partial charge in [0.05, 0.1) is 0 Å². The molecule has 4 heteroatoms. The Hall–Kier alpha value is 0.698. The van der Waals surface area contributed by atoms with E-state index in [0.717, 1.165) is 19.3 Å². The second-order valence-corrected chi connectivity index (χ2v) is 10.7. The number of hydrogen-bond donors (Lipinski definition) is 3. The van der Waals surface area contributed by atoms with Crippen molar-refractivity contribution in [2.75, 3.05) is 19.8 Å². The van der Waals surface area contributed by atoms with Gasteiger partial charge in [-0.25, -0.2) is 0 Å². The number of rotatable bonds is 9. The number of hydrogen-bond acceptors (Lipinski definition) is 3. The van der Waals surface area contributed by atoms with Gasteiger partial charge in [0.2, 0.25) is 0 Å². The standard InChI is InChI=1S/3C3H7O.Sb/c3*1-2-3-4;/h3*4H,1-3H2;. The molecule has 0 amide bonds. The Bertz CT molecular complexity index is 81.8. The molecule has 0 heterocycles. The van der Waals surface area contributed by atoms with Gasteiger partial charge in [0.25, 0.3) is 0 Å². The fraction of sp³-hybridized carbons (Fsp3) is 1.00. The summed E-state index contributed by atoms with van der Waals surface area (Å²) in [6.45, 7) is 0.872. The van der Waals surface area contributed by atoms with Crippen LogP contribution in [0.1, 0.15) is 19.3 Å². The van der Waals surface area contributed by atoms with Gasteiger partial charge in [0.1, 0.15) is 0 Å². The molecule has 0 unspecified atom stereocenters. The summed E-state index contributed by atoms with van der Waals surface area (Å²) in [6, 6.07) is 0. The minimum atomic E-state index is -1.19. The van der Waals surface area contributed by atoms with Crippen LogP contribution in [0.5, 0.6) is 0 Å². The molecule has 0 aliphatic heterocycles. The molecular weight excluding hydrogens is 278 g/mol. The minimum absolute atomic E-state index is 0.291. The molecule has 0 aromatic carbocycles. The van der Waals surface area contributed by atoms with E-state index >= 15 is 0 Å². The van der Waals surface area contributed by atoms with Crippen LogP contribution in [0, 0.1) is 0 Å². The summed E-state index contributed by atoms with van der Waals surface area (Å²) < 4.78 is 3.58. The average Bonchev–Trinajstić information content (AvgIpc) is 2.17. The van der Waals surface area contributed by atoms with Crippen molar-refractivity contribution < 1.29 is 15.3 Å². The summed E-state index contributed by atoms with van der Waals surface area (Å²) in [5, 5.41) is 26.1. The summed E-state index contributed by atoms with van der Waals surface area (Å²) in [7, 11) is 0. The normalized spacial score (nSPS) is 11.1. The predicted octanol–water partition coefficient (Wildman–Crippen LogP) is 0.628. The molecule has 0 aliphatic rings. The fourth-order valence-corrected chi connectivity index (χ4v) is 8.17. The summed E-state index contributed by atoms with van der Waals surface area (Å²) in [5.74, 6) is 0. The molecule has 0 aromatic heterocycles. The average molecular weight is 299 g/mol. The molecule has 0 fully saturated rings. The van der Waals surface area contributed by atoms with E-state index in [4.69, 9.17) is 15.3 Å². The summed E-state index contributed by atoms with van der Waals surface area (Å²) in [6.07, 6.45) is 2.75. The topological polar surface area (TPSA) is 60.7 Å². The van der Waals surface area contributed by atoms with Gasteiger partial charge in [-0.3, -0.25) is 0 Å². The Kier molecular flexibility index (Phi) is 11.4. The molecule has 3 nitrogen and oxygen atoms in total. The zero-order valence-corrected chi connectivity index (χ0v) is 10.7. The third-order valence-electron chi connectivity index (χ3n) is 1.90. The second-order valence-electron chi connectivity index (χ2n) is 3.07. The molecule has 13 heavy (non-hydrogen) atoms. The van der Waals surface area contributed by atoms with E-state index < -0.39 is 20.2 Å². The van der Waals surface area contributed by atoms with Crippen LogP contribution >= 0.6 is 0 Å². The van der Waals surface area contributed by atoms with E-state index in [1.807, 2.05) is 0 Å². The van der Waals surface area contributed by atoms with Crippen LogP contribution in [-0.2, 0) is 0 Å². The molecular formula is C9H21O3Sb. The van der Waals surface area contributed by atoms with Crippen molar-refractivity contribution in [2.24, 2.45) is 0 Å². The molecule has 0 bridgehead atoms. The molecule has 0 atom stereocenters. The van der Waals surface area contributed by atoms with Gasteiger partial charge in [-0.2, -0.15) is 0 Å². The first-order chi connectivity index (χ1) is 6.35. The van der Waals surface area contributed by atoms with Crippen LogP contribution in [0.3, 0.4) is 0 Å². The van der Waals surface area contributed by atoms with Gasteiger partial charge < -0.3 is 0 Å². The predicted molar refractivity (Wildman–Crippen MR) is 55.3 cm³/mol. The molecule has 0 saturated carbocycles. The summed E-state index contributed by atoms with van der Waals surface area (Å²) in [4.78, 5) is 0. The fourth-order valence-electron chi connectivity index (χ4n) is 1.22. The van der Waals surface area contributed by atoms with Crippen molar-refractivity contribution in [1.82, 2.24) is 0 Å². The van der Waals surface area contributed by atoms with Crippen molar-refractivity contribution in [2.45, 2.75) is 32.4 Å². The van der Waals surface area contributed by atoms with E-state index in [2.05, 4.69) is 0 Å². The van der Waals surface area contributed by atoms with Crippen LogP contribution in [0.4, 0.5) is 0 Å². The SMILES string of the molecule is OCC[CH2][Sb]([CH2]CCO)[CH2]CCO. The van der Waals surface area contributed by atoms with Gasteiger partial charge in [0.15, 0.2) is 0 Å². The summed E-state index contributed by atoms with van der Waals surface area (Å²) >= 11 is -1.19. The first-order valence-corrected chi connectivity index (χ1v) is 10.3.